The van der Waals surface area contributed by atoms with E-state index in [1.807, 2.05) is 6.07 Å². The molecule has 0 bridgehead atoms. The van der Waals surface area contributed by atoms with E-state index in [-0.39, 0.29) is 11.5 Å². The van der Waals surface area contributed by atoms with Crippen LogP contribution in [-0.2, 0) is 0 Å². The van der Waals surface area contributed by atoms with Crippen LogP contribution in [-0.4, -0.2) is 9.97 Å². The molecule has 0 aliphatic carbocycles. The lowest BCUT2D eigenvalue weighted by Gasteiger charge is -1.97. The Kier molecular flexibility index (Phi) is 1.99. The fourth-order valence-corrected chi connectivity index (χ4v) is 1.24. The van der Waals surface area contributed by atoms with Gasteiger partial charge in [-0.1, -0.05) is 12.1 Å². The van der Waals surface area contributed by atoms with Gasteiger partial charge in [-0.15, -0.1) is 0 Å². The standard InChI is InChI=1S/C10H6FN3/c11-8-3-1-2-7(4-8)10-9(5-12)13-6-14-10/h1-4,6H,(H,13,14). The van der Waals surface area contributed by atoms with Crippen LogP contribution in [0.3, 0.4) is 0 Å². The highest BCUT2D eigenvalue weighted by molar-refractivity contribution is 5.64. The number of nitriles is 1. The van der Waals surface area contributed by atoms with Crippen molar-refractivity contribution in [3.05, 3.63) is 42.1 Å². The molecule has 4 heteroatoms. The lowest BCUT2D eigenvalue weighted by molar-refractivity contribution is 0.628. The molecule has 68 valence electrons. The van der Waals surface area contributed by atoms with Gasteiger partial charge in [-0.25, -0.2) is 9.37 Å². The Morgan fingerprint density at radius 3 is 3.00 bits per heavy atom. The highest BCUT2D eigenvalue weighted by Crippen LogP contribution is 2.20. The predicted molar refractivity (Wildman–Crippen MR) is 48.7 cm³/mol. The Morgan fingerprint density at radius 1 is 1.43 bits per heavy atom. The van der Waals surface area contributed by atoms with Gasteiger partial charge in [-0.2, -0.15) is 5.26 Å². The van der Waals surface area contributed by atoms with Crippen LogP contribution < -0.4 is 0 Å². The van der Waals surface area contributed by atoms with Crippen LogP contribution >= 0.6 is 0 Å². The highest BCUT2D eigenvalue weighted by atomic mass is 19.1. The molecule has 2 rings (SSSR count). The molecule has 14 heavy (non-hydrogen) atoms. The first-order chi connectivity index (χ1) is 6.81. The molecule has 1 aromatic heterocycles. The molecular formula is C10H6FN3. The lowest BCUT2D eigenvalue weighted by Crippen LogP contribution is -1.83. The van der Waals surface area contributed by atoms with Crippen LogP contribution in [0.1, 0.15) is 5.69 Å². The fourth-order valence-electron chi connectivity index (χ4n) is 1.24. The number of aromatic amines is 1. The van der Waals surface area contributed by atoms with E-state index in [0.29, 0.717) is 11.3 Å². The van der Waals surface area contributed by atoms with Crippen molar-refractivity contribution in [1.29, 1.82) is 5.26 Å². The van der Waals surface area contributed by atoms with Gasteiger partial charge in [-0.3, -0.25) is 0 Å². The second-order valence-electron chi connectivity index (χ2n) is 2.75. The van der Waals surface area contributed by atoms with Crippen LogP contribution in [0.5, 0.6) is 0 Å². The molecule has 1 aromatic carbocycles. The summed E-state index contributed by atoms with van der Waals surface area (Å²) in [5.74, 6) is -0.332. The maximum absolute atomic E-state index is 12.9. The zero-order valence-electron chi connectivity index (χ0n) is 7.16. The predicted octanol–water partition coefficient (Wildman–Crippen LogP) is 2.09. The van der Waals surface area contributed by atoms with Crippen molar-refractivity contribution in [3.63, 3.8) is 0 Å². The highest BCUT2D eigenvalue weighted by Gasteiger charge is 2.07. The molecule has 0 saturated heterocycles. The smallest absolute Gasteiger partial charge is 0.166 e. The fraction of sp³-hybridized carbons (Fsp3) is 0. The van der Waals surface area contributed by atoms with E-state index in [1.54, 1.807) is 12.1 Å². The number of aromatic nitrogens is 2. The summed E-state index contributed by atoms with van der Waals surface area (Å²) in [5.41, 5.74) is 1.45. The van der Waals surface area contributed by atoms with Crippen molar-refractivity contribution in [1.82, 2.24) is 9.97 Å². The van der Waals surface area contributed by atoms with Crippen LogP contribution in [0.15, 0.2) is 30.6 Å². The molecule has 0 amide bonds. The summed E-state index contributed by atoms with van der Waals surface area (Å²) in [4.78, 5) is 6.60. The maximum atomic E-state index is 12.9. The summed E-state index contributed by atoms with van der Waals surface area (Å²) in [6.07, 6.45) is 1.42. The summed E-state index contributed by atoms with van der Waals surface area (Å²) in [6, 6.07) is 7.95. The van der Waals surface area contributed by atoms with Gasteiger partial charge in [0.25, 0.3) is 0 Å². The van der Waals surface area contributed by atoms with Gasteiger partial charge in [0.05, 0.1) is 12.0 Å². The first-order valence-electron chi connectivity index (χ1n) is 4.00. The normalized spacial score (nSPS) is 9.71. The molecule has 0 fully saturated rings. The zero-order valence-corrected chi connectivity index (χ0v) is 7.16. The summed E-state index contributed by atoms with van der Waals surface area (Å²) in [5, 5.41) is 8.71. The molecule has 1 heterocycles. The summed E-state index contributed by atoms with van der Waals surface area (Å²) in [7, 11) is 0. The number of hydrogen-bond donors (Lipinski definition) is 1. The first kappa shape index (κ1) is 8.45. The minimum atomic E-state index is -0.332. The van der Waals surface area contributed by atoms with Crippen molar-refractivity contribution >= 4 is 0 Å². The largest absolute Gasteiger partial charge is 0.343 e. The number of imidazole rings is 1. The minimum absolute atomic E-state index is 0.274. The van der Waals surface area contributed by atoms with E-state index in [1.165, 1.54) is 18.5 Å². The van der Waals surface area contributed by atoms with Crippen LogP contribution in [0.4, 0.5) is 4.39 Å². The lowest BCUT2D eigenvalue weighted by atomic mass is 10.1. The number of H-pyrrole nitrogens is 1. The Morgan fingerprint density at radius 2 is 2.29 bits per heavy atom. The van der Waals surface area contributed by atoms with E-state index >= 15 is 0 Å². The van der Waals surface area contributed by atoms with Crippen LogP contribution in [0.25, 0.3) is 11.3 Å². The molecule has 0 atom stereocenters. The molecule has 2 aromatic rings. The van der Waals surface area contributed by atoms with E-state index < -0.39 is 0 Å². The topological polar surface area (TPSA) is 52.5 Å². The maximum Gasteiger partial charge on any atom is 0.166 e. The first-order valence-corrected chi connectivity index (χ1v) is 4.00. The third-order valence-corrected chi connectivity index (χ3v) is 1.86. The van der Waals surface area contributed by atoms with Gasteiger partial charge in [0.2, 0.25) is 0 Å². The minimum Gasteiger partial charge on any atom is -0.343 e. The van der Waals surface area contributed by atoms with E-state index in [0.717, 1.165) is 0 Å². The second kappa shape index (κ2) is 3.30. The van der Waals surface area contributed by atoms with Crippen molar-refractivity contribution < 1.29 is 4.39 Å². The van der Waals surface area contributed by atoms with Gasteiger partial charge < -0.3 is 4.98 Å². The average Bonchev–Trinajstić information content (AvgIpc) is 2.65. The van der Waals surface area contributed by atoms with Gasteiger partial charge in [0.1, 0.15) is 11.9 Å². The third kappa shape index (κ3) is 1.36. The quantitative estimate of drug-likeness (QED) is 0.743. The number of hydrogen-bond acceptors (Lipinski definition) is 2. The molecule has 1 N–H and O–H groups in total. The Bertz CT molecular complexity index is 496. The van der Waals surface area contributed by atoms with E-state index in [4.69, 9.17) is 5.26 Å². The number of rotatable bonds is 1. The Labute approximate surface area is 79.8 Å². The van der Waals surface area contributed by atoms with E-state index in [2.05, 4.69) is 9.97 Å². The number of nitrogens with one attached hydrogen (secondary N) is 1. The Balaban J connectivity index is 2.56. The molecule has 3 nitrogen and oxygen atoms in total. The molecule has 0 aliphatic rings. The van der Waals surface area contributed by atoms with Gasteiger partial charge >= 0.3 is 0 Å². The van der Waals surface area contributed by atoms with Gasteiger partial charge in [-0.05, 0) is 12.1 Å². The van der Waals surface area contributed by atoms with E-state index in [9.17, 15) is 4.39 Å². The molecular weight excluding hydrogens is 181 g/mol. The third-order valence-electron chi connectivity index (χ3n) is 1.86. The molecule has 0 radical (unpaired) electrons. The van der Waals surface area contributed by atoms with Crippen LogP contribution in [0.2, 0.25) is 0 Å². The number of nitrogens with zero attached hydrogens (tertiary/aromatic N) is 2. The SMILES string of the molecule is N#Cc1nc[nH]c1-c1cccc(F)c1. The molecule has 0 saturated carbocycles. The van der Waals surface area contributed by atoms with Gasteiger partial charge in [0, 0.05) is 5.56 Å². The second-order valence-corrected chi connectivity index (χ2v) is 2.75. The van der Waals surface area contributed by atoms with Crippen LogP contribution in [0, 0.1) is 17.1 Å². The van der Waals surface area contributed by atoms with Crippen molar-refractivity contribution in [2.75, 3.05) is 0 Å². The monoisotopic (exact) mass is 187 g/mol. The van der Waals surface area contributed by atoms with Gasteiger partial charge in [0.15, 0.2) is 5.69 Å². The summed E-state index contributed by atoms with van der Waals surface area (Å²) < 4.78 is 12.9. The Hall–Kier alpha value is -2.15. The molecule has 0 aliphatic heterocycles. The number of halogens is 1. The average molecular weight is 187 g/mol. The zero-order chi connectivity index (χ0) is 9.97. The van der Waals surface area contributed by atoms with Crippen molar-refractivity contribution in [2.24, 2.45) is 0 Å². The molecule has 0 unspecified atom stereocenters. The van der Waals surface area contributed by atoms with Crippen molar-refractivity contribution in [2.45, 2.75) is 0 Å². The number of benzene rings is 1. The summed E-state index contributed by atoms with van der Waals surface area (Å²) >= 11 is 0. The molecule has 0 spiro atoms. The summed E-state index contributed by atoms with van der Waals surface area (Å²) in [6.45, 7) is 0. The van der Waals surface area contributed by atoms with Crippen molar-refractivity contribution in [3.8, 4) is 17.3 Å².